The van der Waals surface area contributed by atoms with Crippen LogP contribution in [0.15, 0.2) is 65.5 Å². The first-order valence-corrected chi connectivity index (χ1v) is 10.3. The van der Waals surface area contributed by atoms with E-state index in [1.54, 1.807) is 0 Å². The summed E-state index contributed by atoms with van der Waals surface area (Å²) in [4.78, 5) is 32.8. The highest BCUT2D eigenvalue weighted by Crippen LogP contribution is 2.23. The summed E-state index contributed by atoms with van der Waals surface area (Å²) >= 11 is 0. The Morgan fingerprint density at radius 1 is 1.03 bits per heavy atom. The van der Waals surface area contributed by atoms with Crippen molar-refractivity contribution in [2.75, 3.05) is 13.2 Å². The molecule has 6 heteroatoms. The first-order chi connectivity index (χ1) is 14.7. The second-order valence-electron chi connectivity index (χ2n) is 7.43. The van der Waals surface area contributed by atoms with Crippen molar-refractivity contribution in [2.45, 2.75) is 25.7 Å². The lowest BCUT2D eigenvalue weighted by Gasteiger charge is -2.14. The molecule has 6 nitrogen and oxygen atoms in total. The fourth-order valence-electron chi connectivity index (χ4n) is 3.78. The van der Waals surface area contributed by atoms with E-state index >= 15 is 0 Å². The Bertz CT molecular complexity index is 1050. The van der Waals surface area contributed by atoms with Crippen molar-refractivity contribution < 1.29 is 9.53 Å². The van der Waals surface area contributed by atoms with E-state index in [0.717, 1.165) is 17.0 Å². The summed E-state index contributed by atoms with van der Waals surface area (Å²) in [5.74, 6) is 1.26. The molecule has 4 rings (SSSR count). The van der Waals surface area contributed by atoms with Gasteiger partial charge in [0.25, 0.3) is 5.56 Å². The van der Waals surface area contributed by atoms with E-state index in [1.165, 1.54) is 0 Å². The fourth-order valence-corrected chi connectivity index (χ4v) is 3.78. The van der Waals surface area contributed by atoms with Crippen LogP contribution in [-0.4, -0.2) is 29.0 Å². The topological polar surface area (TPSA) is 84.1 Å². The van der Waals surface area contributed by atoms with Gasteiger partial charge in [0, 0.05) is 17.0 Å². The van der Waals surface area contributed by atoms with Gasteiger partial charge in [-0.3, -0.25) is 9.59 Å². The number of hydrogen-bond acceptors (Lipinski definition) is 4. The number of nitrogens with one attached hydrogen (secondary N) is 2. The number of amides is 1. The van der Waals surface area contributed by atoms with Gasteiger partial charge in [0.15, 0.2) is 0 Å². The van der Waals surface area contributed by atoms with Crippen molar-refractivity contribution in [3.63, 3.8) is 0 Å². The molecule has 0 aliphatic heterocycles. The fraction of sp³-hybridized carbons (Fsp3) is 0.292. The molecule has 154 valence electrons. The van der Waals surface area contributed by atoms with Gasteiger partial charge in [0.1, 0.15) is 18.2 Å². The van der Waals surface area contributed by atoms with Crippen molar-refractivity contribution in [3.05, 3.63) is 82.3 Å². The molecule has 1 aliphatic rings. The summed E-state index contributed by atoms with van der Waals surface area (Å²) in [6.07, 6.45) is 2.51. The lowest BCUT2D eigenvalue weighted by molar-refractivity contribution is -0.125. The van der Waals surface area contributed by atoms with Crippen LogP contribution < -0.4 is 15.6 Å². The van der Waals surface area contributed by atoms with Crippen LogP contribution in [0.4, 0.5) is 0 Å². The Kier molecular flexibility index (Phi) is 6.23. The molecule has 2 N–H and O–H groups in total. The van der Waals surface area contributed by atoms with Crippen LogP contribution in [0.5, 0.6) is 5.75 Å². The normalized spacial score (nSPS) is 15.7. The Labute approximate surface area is 175 Å². The molecule has 1 unspecified atom stereocenters. The molecule has 0 saturated heterocycles. The van der Waals surface area contributed by atoms with Crippen molar-refractivity contribution in [2.24, 2.45) is 5.92 Å². The Morgan fingerprint density at radius 3 is 2.50 bits per heavy atom. The molecule has 0 saturated carbocycles. The molecule has 30 heavy (non-hydrogen) atoms. The molecule has 0 spiro atoms. The number of rotatable bonds is 6. The van der Waals surface area contributed by atoms with Gasteiger partial charge in [-0.2, -0.15) is 0 Å². The summed E-state index contributed by atoms with van der Waals surface area (Å²) in [7, 11) is 0. The predicted octanol–water partition coefficient (Wildman–Crippen LogP) is 3.13. The molecule has 0 fully saturated rings. The maximum absolute atomic E-state index is 12.6. The van der Waals surface area contributed by atoms with Gasteiger partial charge < -0.3 is 15.0 Å². The average Bonchev–Trinajstić information content (AvgIpc) is 3.01. The highest BCUT2D eigenvalue weighted by molar-refractivity contribution is 5.78. The number of carbonyl (C=O) groups excluding carboxylic acids is 1. The zero-order valence-electron chi connectivity index (χ0n) is 16.8. The molecular formula is C24H25N3O3. The Hall–Kier alpha value is -3.41. The molecule has 1 aliphatic carbocycles. The van der Waals surface area contributed by atoms with Crippen molar-refractivity contribution in [1.82, 2.24) is 15.3 Å². The van der Waals surface area contributed by atoms with Gasteiger partial charge in [-0.1, -0.05) is 48.5 Å². The number of aryl methyl sites for hydroxylation is 1. The minimum Gasteiger partial charge on any atom is -0.492 e. The summed E-state index contributed by atoms with van der Waals surface area (Å²) in [5, 5.41) is 2.96. The first-order valence-electron chi connectivity index (χ1n) is 10.3. The number of fused-ring (bicyclic) bond motifs is 1. The van der Waals surface area contributed by atoms with Gasteiger partial charge >= 0.3 is 0 Å². The van der Waals surface area contributed by atoms with Gasteiger partial charge in [-0.25, -0.2) is 4.98 Å². The number of para-hydroxylation sites is 1. The first kappa shape index (κ1) is 19.9. The maximum atomic E-state index is 12.6. The molecule has 0 radical (unpaired) electrons. The Morgan fingerprint density at radius 2 is 1.73 bits per heavy atom. The van der Waals surface area contributed by atoms with Gasteiger partial charge in [0.2, 0.25) is 5.91 Å². The SMILES string of the molecule is O=C(NCCOc1ccccc1)C1CCc2nc(-c3ccccc3)[nH]c(=O)c2CC1. The zero-order chi connectivity index (χ0) is 20.8. The second kappa shape index (κ2) is 9.39. The van der Waals surface area contributed by atoms with Crippen molar-refractivity contribution in [1.29, 1.82) is 0 Å². The van der Waals surface area contributed by atoms with Gasteiger partial charge in [-0.05, 0) is 37.8 Å². The highest BCUT2D eigenvalue weighted by Gasteiger charge is 2.25. The van der Waals surface area contributed by atoms with Crippen LogP contribution in [0, 0.1) is 5.92 Å². The predicted molar refractivity (Wildman–Crippen MR) is 115 cm³/mol. The standard InChI is InChI=1S/C24H25N3O3/c28-23(25-15-16-30-19-9-5-2-6-10-19)18-11-13-20-21(14-12-18)26-22(27-24(20)29)17-7-3-1-4-8-17/h1-10,18H,11-16H2,(H,25,28)(H,26,27,29). The monoisotopic (exact) mass is 403 g/mol. The molecular weight excluding hydrogens is 378 g/mol. The molecule has 3 aromatic rings. The van der Waals surface area contributed by atoms with Crippen LogP contribution in [0.25, 0.3) is 11.4 Å². The highest BCUT2D eigenvalue weighted by atomic mass is 16.5. The number of nitrogens with zero attached hydrogens (tertiary/aromatic N) is 1. The van der Waals surface area contributed by atoms with Gasteiger partial charge in [0.05, 0.1) is 12.2 Å². The van der Waals surface area contributed by atoms with Crippen molar-refractivity contribution >= 4 is 5.91 Å². The number of aromatic amines is 1. The molecule has 0 bridgehead atoms. The van der Waals surface area contributed by atoms with E-state index in [0.29, 0.717) is 50.2 Å². The third-order valence-corrected chi connectivity index (χ3v) is 5.40. The number of benzene rings is 2. The second-order valence-corrected chi connectivity index (χ2v) is 7.43. The summed E-state index contributed by atoms with van der Waals surface area (Å²) in [5.41, 5.74) is 2.29. The van der Waals surface area contributed by atoms with E-state index in [2.05, 4.69) is 10.3 Å². The average molecular weight is 403 g/mol. The summed E-state index contributed by atoms with van der Waals surface area (Å²) in [6, 6.07) is 19.2. The molecule has 1 amide bonds. The molecule has 2 aromatic carbocycles. The van der Waals surface area contributed by atoms with Gasteiger partial charge in [-0.15, -0.1) is 0 Å². The third kappa shape index (κ3) is 4.76. The molecule has 1 atom stereocenters. The van der Waals surface area contributed by atoms with Crippen LogP contribution in [0.3, 0.4) is 0 Å². The minimum absolute atomic E-state index is 0.0131. The smallest absolute Gasteiger partial charge is 0.254 e. The van der Waals surface area contributed by atoms with E-state index < -0.39 is 0 Å². The minimum atomic E-state index is -0.129. The Balaban J connectivity index is 1.35. The van der Waals surface area contributed by atoms with Crippen molar-refractivity contribution in [3.8, 4) is 17.1 Å². The lowest BCUT2D eigenvalue weighted by Crippen LogP contribution is -2.34. The van der Waals surface area contributed by atoms with E-state index in [4.69, 9.17) is 9.72 Å². The maximum Gasteiger partial charge on any atom is 0.254 e. The summed E-state index contributed by atoms with van der Waals surface area (Å²) in [6.45, 7) is 0.874. The lowest BCUT2D eigenvalue weighted by atomic mass is 9.99. The quantitative estimate of drug-likeness (QED) is 0.489. The molecule has 1 aromatic heterocycles. The largest absolute Gasteiger partial charge is 0.492 e. The van der Waals surface area contributed by atoms with Crippen LogP contribution >= 0.6 is 0 Å². The molecule has 1 heterocycles. The van der Waals surface area contributed by atoms with Crippen LogP contribution in [0.2, 0.25) is 0 Å². The van der Waals surface area contributed by atoms with E-state index in [9.17, 15) is 9.59 Å². The number of carbonyl (C=O) groups is 1. The number of aromatic nitrogens is 2. The summed E-state index contributed by atoms with van der Waals surface area (Å²) < 4.78 is 5.62. The van der Waals surface area contributed by atoms with E-state index in [-0.39, 0.29) is 17.4 Å². The van der Waals surface area contributed by atoms with E-state index in [1.807, 2.05) is 60.7 Å². The third-order valence-electron chi connectivity index (χ3n) is 5.40. The van der Waals surface area contributed by atoms with Crippen LogP contribution in [-0.2, 0) is 17.6 Å². The zero-order valence-corrected chi connectivity index (χ0v) is 16.8. The number of hydrogen-bond donors (Lipinski definition) is 2. The number of H-pyrrole nitrogens is 1. The van der Waals surface area contributed by atoms with Crippen LogP contribution in [0.1, 0.15) is 24.1 Å². The number of ether oxygens (including phenoxy) is 1.